The lowest BCUT2D eigenvalue weighted by atomic mass is 10.1. The zero-order valence-corrected chi connectivity index (χ0v) is 8.87. The van der Waals surface area contributed by atoms with Crippen LogP contribution in [-0.4, -0.2) is 11.2 Å². The van der Waals surface area contributed by atoms with E-state index in [0.717, 1.165) is 6.42 Å². The summed E-state index contributed by atoms with van der Waals surface area (Å²) in [5, 5.41) is 8.93. The van der Waals surface area contributed by atoms with Crippen LogP contribution in [0.25, 0.3) is 0 Å². The van der Waals surface area contributed by atoms with Gasteiger partial charge in [-0.05, 0) is 39.5 Å². The van der Waals surface area contributed by atoms with Crippen LogP contribution in [0.15, 0.2) is 24.3 Å². The Hall–Kier alpha value is -0.560. The molecule has 0 aliphatic carbocycles. The predicted octanol–water partition coefficient (Wildman–Crippen LogP) is 3.45. The highest BCUT2D eigenvalue weighted by atomic mass is 16.3. The Bertz CT molecular complexity index is 145. The Kier molecular flexibility index (Phi) is 9.12. The van der Waals surface area contributed by atoms with Gasteiger partial charge in [0.15, 0.2) is 0 Å². The van der Waals surface area contributed by atoms with Crippen molar-refractivity contribution < 1.29 is 5.11 Å². The summed E-state index contributed by atoms with van der Waals surface area (Å²) in [7, 11) is 0. The van der Waals surface area contributed by atoms with Crippen LogP contribution in [0.2, 0.25) is 0 Å². The fourth-order valence-corrected chi connectivity index (χ4v) is 1.16. The second-order valence-corrected chi connectivity index (χ2v) is 3.38. The average molecular weight is 182 g/mol. The molecule has 0 bridgehead atoms. The van der Waals surface area contributed by atoms with Crippen LogP contribution in [0.5, 0.6) is 0 Å². The van der Waals surface area contributed by atoms with Crippen LogP contribution in [-0.2, 0) is 0 Å². The molecule has 76 valence electrons. The number of aliphatic hydroxyl groups is 1. The first-order valence-corrected chi connectivity index (χ1v) is 5.23. The topological polar surface area (TPSA) is 20.2 Å². The van der Waals surface area contributed by atoms with E-state index in [1.807, 2.05) is 6.08 Å². The van der Waals surface area contributed by atoms with E-state index in [0.29, 0.717) is 0 Å². The third-order valence-electron chi connectivity index (χ3n) is 1.89. The van der Waals surface area contributed by atoms with Gasteiger partial charge in [0.25, 0.3) is 0 Å². The van der Waals surface area contributed by atoms with E-state index in [1.165, 1.54) is 25.7 Å². The molecule has 1 N–H and O–H groups in total. The first-order chi connectivity index (χ1) is 6.27. The fourth-order valence-electron chi connectivity index (χ4n) is 1.16. The minimum atomic E-state index is -0.289. The van der Waals surface area contributed by atoms with Crippen molar-refractivity contribution in [3.8, 4) is 0 Å². The van der Waals surface area contributed by atoms with E-state index >= 15 is 0 Å². The molecule has 1 heteroatoms. The Morgan fingerprint density at radius 1 is 1.08 bits per heavy atom. The molecule has 0 saturated carbocycles. The van der Waals surface area contributed by atoms with E-state index in [2.05, 4.69) is 25.2 Å². The van der Waals surface area contributed by atoms with E-state index in [1.54, 1.807) is 6.92 Å². The van der Waals surface area contributed by atoms with E-state index in [-0.39, 0.29) is 6.10 Å². The van der Waals surface area contributed by atoms with Gasteiger partial charge < -0.3 is 5.11 Å². The number of hydrogen-bond acceptors (Lipinski definition) is 1. The van der Waals surface area contributed by atoms with Gasteiger partial charge in [-0.3, -0.25) is 0 Å². The van der Waals surface area contributed by atoms with Gasteiger partial charge in [-0.2, -0.15) is 0 Å². The molecule has 1 nitrogen and oxygen atoms in total. The molecule has 0 heterocycles. The highest BCUT2D eigenvalue weighted by Gasteiger charge is 1.87. The Morgan fingerprint density at radius 2 is 1.69 bits per heavy atom. The number of unbranched alkanes of at least 4 members (excludes halogenated alkanes) is 4. The molecular weight excluding hydrogens is 160 g/mol. The predicted molar refractivity (Wildman–Crippen MR) is 58.7 cm³/mol. The van der Waals surface area contributed by atoms with Gasteiger partial charge in [0.1, 0.15) is 0 Å². The zero-order chi connectivity index (χ0) is 9.94. The second kappa shape index (κ2) is 9.53. The first kappa shape index (κ1) is 12.4. The normalized spacial score (nSPS) is 14.4. The van der Waals surface area contributed by atoms with Crippen molar-refractivity contribution in [3.63, 3.8) is 0 Å². The van der Waals surface area contributed by atoms with Gasteiger partial charge in [-0.15, -0.1) is 0 Å². The molecule has 0 amide bonds. The lowest BCUT2D eigenvalue weighted by Gasteiger charge is -1.96. The summed E-state index contributed by atoms with van der Waals surface area (Å²) >= 11 is 0. The second-order valence-electron chi connectivity index (χ2n) is 3.38. The monoisotopic (exact) mass is 182 g/mol. The molecule has 13 heavy (non-hydrogen) atoms. The van der Waals surface area contributed by atoms with E-state index in [4.69, 9.17) is 5.11 Å². The number of aliphatic hydroxyl groups excluding tert-OH is 1. The van der Waals surface area contributed by atoms with Crippen molar-refractivity contribution in [1.29, 1.82) is 0 Å². The van der Waals surface area contributed by atoms with Crippen LogP contribution in [0.4, 0.5) is 0 Å². The summed E-state index contributed by atoms with van der Waals surface area (Å²) in [4.78, 5) is 0. The average Bonchev–Trinajstić information content (AvgIpc) is 2.09. The summed E-state index contributed by atoms with van der Waals surface area (Å²) in [5.41, 5.74) is 0. The molecule has 0 spiro atoms. The SMILES string of the molecule is CC=CCCCCCC=CC(C)O. The maximum absolute atomic E-state index is 8.93. The summed E-state index contributed by atoms with van der Waals surface area (Å²) in [6.45, 7) is 3.84. The van der Waals surface area contributed by atoms with Crippen LogP contribution >= 0.6 is 0 Å². The van der Waals surface area contributed by atoms with Crippen LogP contribution in [0.1, 0.15) is 46.0 Å². The van der Waals surface area contributed by atoms with Crippen molar-refractivity contribution in [2.24, 2.45) is 0 Å². The smallest absolute Gasteiger partial charge is 0.0692 e. The molecular formula is C12H22O. The molecule has 0 rings (SSSR count). The van der Waals surface area contributed by atoms with Crippen LogP contribution < -0.4 is 0 Å². The molecule has 1 unspecified atom stereocenters. The molecule has 0 radical (unpaired) electrons. The molecule has 0 aromatic carbocycles. The van der Waals surface area contributed by atoms with Crippen molar-refractivity contribution in [3.05, 3.63) is 24.3 Å². The van der Waals surface area contributed by atoms with Gasteiger partial charge in [-0.1, -0.05) is 30.7 Å². The van der Waals surface area contributed by atoms with Crippen LogP contribution in [0, 0.1) is 0 Å². The summed E-state index contributed by atoms with van der Waals surface area (Å²) in [5.74, 6) is 0. The maximum Gasteiger partial charge on any atom is 0.0692 e. The Labute approximate surface area is 82.2 Å². The quantitative estimate of drug-likeness (QED) is 0.472. The minimum Gasteiger partial charge on any atom is -0.389 e. The van der Waals surface area contributed by atoms with Crippen molar-refractivity contribution >= 4 is 0 Å². The van der Waals surface area contributed by atoms with Crippen LogP contribution in [0.3, 0.4) is 0 Å². The molecule has 0 aliphatic rings. The minimum absolute atomic E-state index is 0.289. The van der Waals surface area contributed by atoms with E-state index in [9.17, 15) is 0 Å². The largest absolute Gasteiger partial charge is 0.389 e. The van der Waals surface area contributed by atoms with Gasteiger partial charge in [0, 0.05) is 0 Å². The van der Waals surface area contributed by atoms with Crippen molar-refractivity contribution in [2.45, 2.75) is 52.1 Å². The van der Waals surface area contributed by atoms with Gasteiger partial charge >= 0.3 is 0 Å². The number of rotatable bonds is 7. The van der Waals surface area contributed by atoms with Gasteiger partial charge in [-0.25, -0.2) is 0 Å². The Balaban J connectivity index is 3.08. The third kappa shape index (κ3) is 11.4. The zero-order valence-electron chi connectivity index (χ0n) is 8.87. The standard InChI is InChI=1S/C12H22O/c1-3-4-5-6-7-8-9-10-11-12(2)13/h3-4,10-13H,5-9H2,1-2H3. The molecule has 0 fully saturated rings. The first-order valence-electron chi connectivity index (χ1n) is 5.23. The molecule has 0 aromatic heterocycles. The summed E-state index contributed by atoms with van der Waals surface area (Å²) in [6.07, 6.45) is 14.1. The lowest BCUT2D eigenvalue weighted by molar-refractivity contribution is 0.244. The fraction of sp³-hybridized carbons (Fsp3) is 0.667. The van der Waals surface area contributed by atoms with E-state index < -0.39 is 0 Å². The number of allylic oxidation sites excluding steroid dienone is 3. The molecule has 0 saturated heterocycles. The highest BCUT2D eigenvalue weighted by Crippen LogP contribution is 2.04. The molecule has 0 aliphatic heterocycles. The lowest BCUT2D eigenvalue weighted by Crippen LogP contribution is -1.91. The summed E-state index contributed by atoms with van der Waals surface area (Å²) in [6, 6.07) is 0. The Morgan fingerprint density at radius 3 is 2.23 bits per heavy atom. The summed E-state index contributed by atoms with van der Waals surface area (Å²) < 4.78 is 0. The maximum atomic E-state index is 8.93. The van der Waals surface area contributed by atoms with Gasteiger partial charge in [0.2, 0.25) is 0 Å². The number of hydrogen-bond donors (Lipinski definition) is 1. The molecule has 0 aromatic rings. The highest BCUT2D eigenvalue weighted by molar-refractivity contribution is 4.86. The third-order valence-corrected chi connectivity index (χ3v) is 1.89. The molecule has 1 atom stereocenters. The van der Waals surface area contributed by atoms with Gasteiger partial charge in [0.05, 0.1) is 6.10 Å². The van der Waals surface area contributed by atoms with Crippen molar-refractivity contribution in [2.75, 3.05) is 0 Å². The van der Waals surface area contributed by atoms with Crippen molar-refractivity contribution in [1.82, 2.24) is 0 Å².